The number of anilines is 1. The smallest absolute Gasteiger partial charge is 0.407 e. The molecule has 61 heavy (non-hydrogen) atoms. The van der Waals surface area contributed by atoms with E-state index in [0.717, 1.165) is 58.6 Å². The molecule has 3 aromatic rings. The molecule has 5 heterocycles. The van der Waals surface area contributed by atoms with Crippen LogP contribution in [0.1, 0.15) is 60.4 Å². The number of fused-ring (bicyclic) bond motifs is 2. The van der Waals surface area contributed by atoms with Gasteiger partial charge in [-0.2, -0.15) is 13.2 Å². The first-order valence-electron chi connectivity index (χ1n) is 20.4. The molecule has 4 fully saturated rings. The molecule has 2 amide bonds. The van der Waals surface area contributed by atoms with E-state index in [-0.39, 0.29) is 31.0 Å². The van der Waals surface area contributed by atoms with Gasteiger partial charge in [0.05, 0.1) is 57.1 Å². The molecular weight excluding hydrogens is 804 g/mol. The third kappa shape index (κ3) is 10.1. The van der Waals surface area contributed by atoms with Gasteiger partial charge in [0.2, 0.25) is 5.91 Å². The first-order chi connectivity index (χ1) is 29.1. The van der Waals surface area contributed by atoms with Gasteiger partial charge in [-0.3, -0.25) is 9.69 Å². The molecule has 328 valence electrons. The Hall–Kier alpha value is -4.86. The van der Waals surface area contributed by atoms with Crippen molar-refractivity contribution in [2.24, 2.45) is 5.41 Å². The van der Waals surface area contributed by atoms with E-state index in [9.17, 15) is 36.6 Å². The number of nitrogens with zero attached hydrogens (tertiary/aromatic N) is 3. The highest BCUT2D eigenvalue weighted by Gasteiger charge is 2.56. The summed E-state index contributed by atoms with van der Waals surface area (Å²) in [6.07, 6.45) is -3.63. The molecule has 4 N–H and O–H groups in total. The number of aliphatic hydroxyl groups is 1. The molecule has 17 heteroatoms. The molecule has 1 aromatic heterocycles. The number of ether oxygens (including phenoxy) is 3. The maximum absolute atomic E-state index is 14.9. The van der Waals surface area contributed by atoms with E-state index in [4.69, 9.17) is 14.5 Å². The highest BCUT2D eigenvalue weighted by Crippen LogP contribution is 2.41. The van der Waals surface area contributed by atoms with Crippen LogP contribution in [-0.2, 0) is 32.0 Å². The Bertz CT molecular complexity index is 2050. The minimum atomic E-state index is -4.93. The highest BCUT2D eigenvalue weighted by atomic mass is 19.4. The fourth-order valence-electron chi connectivity index (χ4n) is 8.29. The van der Waals surface area contributed by atoms with Crippen molar-refractivity contribution < 1.29 is 50.9 Å². The van der Waals surface area contributed by atoms with Crippen LogP contribution in [-0.4, -0.2) is 123 Å². The number of aromatic nitrogens is 1. The number of benzene rings is 2. The van der Waals surface area contributed by atoms with Gasteiger partial charge >= 0.3 is 12.3 Å². The number of halogens is 5. The summed E-state index contributed by atoms with van der Waals surface area (Å²) in [5.74, 6) is 4.25. The SMILES string of the molecule is COC(=O)NC(C(=O)N[C@@H](Cc1ccc(C#Cc2ccc(N3CC4CCC(C3)N4C3COC3)nc2)cc1)[C@@H](O)CNCc1c(F)cc(C2COC2)cc1F)C(C)(C)C(F)(F)F. The van der Waals surface area contributed by atoms with Crippen molar-refractivity contribution in [3.05, 3.63) is 94.2 Å². The largest absolute Gasteiger partial charge is 0.453 e. The molecule has 2 aromatic carbocycles. The second-order valence-electron chi connectivity index (χ2n) is 16.8. The molecule has 7 rings (SSSR count). The summed E-state index contributed by atoms with van der Waals surface area (Å²) in [7, 11) is 0.948. The molecule has 0 aliphatic carbocycles. The van der Waals surface area contributed by atoms with Gasteiger partial charge in [0.1, 0.15) is 23.5 Å². The van der Waals surface area contributed by atoms with Crippen LogP contribution in [0.2, 0.25) is 0 Å². The van der Waals surface area contributed by atoms with Crippen molar-refractivity contribution in [2.45, 2.75) is 88.1 Å². The molecule has 12 nitrogen and oxygen atoms in total. The Morgan fingerprint density at radius 2 is 1.54 bits per heavy atom. The third-order valence-electron chi connectivity index (χ3n) is 12.3. The average molecular weight is 855 g/mol. The monoisotopic (exact) mass is 854 g/mol. The molecule has 0 spiro atoms. The summed E-state index contributed by atoms with van der Waals surface area (Å²) in [5.41, 5.74) is -0.602. The zero-order valence-electron chi connectivity index (χ0n) is 34.2. The van der Waals surface area contributed by atoms with E-state index in [1.54, 1.807) is 30.5 Å². The minimum Gasteiger partial charge on any atom is -0.453 e. The molecule has 3 unspecified atom stereocenters. The molecule has 0 radical (unpaired) electrons. The molecular formula is C44H51F5N6O6. The number of piperazine rings is 1. The molecule has 5 atom stereocenters. The number of alkyl carbamates (subject to hydrolysis) is 1. The standard InChI is InChI=1S/C44H51F5N6O6/c1-43(2,44(47,48)49)40(53-42(58)59-3)41(57)52-37(38(56)19-50-18-34-35(45)15-29(16-36(34)46)30-22-60-23-30)14-27-7-4-26(5-8-27)6-9-28-10-13-39(51-17-28)54-20-31-11-12-32(21-54)55(31)33-24-61-25-33/h4-5,7-8,10,13,15-17,30-33,37-38,40,50,56H,11-12,14,18-25H2,1-3H3,(H,52,57)(H,53,58)/t31?,32?,37-,38-,40?/m0/s1. The summed E-state index contributed by atoms with van der Waals surface area (Å²) >= 11 is 0. The lowest BCUT2D eigenvalue weighted by molar-refractivity contribution is -0.220. The summed E-state index contributed by atoms with van der Waals surface area (Å²) in [6.45, 7) is 5.09. The van der Waals surface area contributed by atoms with Crippen LogP contribution in [0.15, 0.2) is 54.7 Å². The van der Waals surface area contributed by atoms with Crippen molar-refractivity contribution in [1.82, 2.24) is 25.8 Å². The lowest BCUT2D eigenvalue weighted by Crippen LogP contribution is -2.62. The number of carbonyl (C=O) groups is 2. The number of hydrogen-bond donors (Lipinski definition) is 4. The van der Waals surface area contributed by atoms with Crippen LogP contribution < -0.4 is 20.9 Å². The molecule has 0 saturated carbocycles. The topological polar surface area (TPSA) is 138 Å². The predicted octanol–water partition coefficient (Wildman–Crippen LogP) is 4.42. The van der Waals surface area contributed by atoms with Crippen LogP contribution >= 0.6 is 0 Å². The number of pyridine rings is 1. The number of methoxy groups -OCH3 is 1. The zero-order valence-corrected chi connectivity index (χ0v) is 34.2. The first kappa shape index (κ1) is 44.2. The van der Waals surface area contributed by atoms with Gasteiger partial charge in [0.15, 0.2) is 0 Å². The van der Waals surface area contributed by atoms with E-state index in [1.807, 2.05) is 17.4 Å². The number of nitrogens with one attached hydrogen (secondary N) is 3. The Kier molecular flexibility index (Phi) is 13.5. The zero-order chi connectivity index (χ0) is 43.5. The fraction of sp³-hybridized carbons (Fsp3) is 0.523. The number of carbonyl (C=O) groups excluding carboxylic acids is 2. The number of rotatable bonds is 14. The van der Waals surface area contributed by atoms with Crippen LogP contribution in [0.5, 0.6) is 0 Å². The molecule has 4 aliphatic heterocycles. The van der Waals surface area contributed by atoms with Crippen molar-refractivity contribution in [3.8, 4) is 11.8 Å². The van der Waals surface area contributed by atoms with Crippen LogP contribution in [0.3, 0.4) is 0 Å². The number of hydrogen-bond acceptors (Lipinski definition) is 10. The van der Waals surface area contributed by atoms with E-state index in [0.29, 0.717) is 48.0 Å². The Morgan fingerprint density at radius 3 is 2.08 bits per heavy atom. The second-order valence-corrected chi connectivity index (χ2v) is 16.8. The Labute approximate surface area is 351 Å². The van der Waals surface area contributed by atoms with E-state index >= 15 is 0 Å². The predicted molar refractivity (Wildman–Crippen MR) is 215 cm³/mol. The van der Waals surface area contributed by atoms with Gasteiger partial charge in [0, 0.05) is 67.1 Å². The quantitative estimate of drug-likeness (QED) is 0.136. The van der Waals surface area contributed by atoms with Crippen molar-refractivity contribution >= 4 is 17.8 Å². The van der Waals surface area contributed by atoms with Crippen LogP contribution in [0, 0.1) is 28.9 Å². The highest BCUT2D eigenvalue weighted by molar-refractivity contribution is 5.87. The number of amides is 2. The summed E-state index contributed by atoms with van der Waals surface area (Å²) in [6, 6.07) is 11.4. The third-order valence-corrected chi connectivity index (χ3v) is 12.3. The van der Waals surface area contributed by atoms with Crippen LogP contribution in [0.25, 0.3) is 0 Å². The number of aliphatic hydroxyl groups excluding tert-OH is 1. The van der Waals surface area contributed by atoms with Crippen molar-refractivity contribution in [3.63, 3.8) is 0 Å². The fourth-order valence-corrected chi connectivity index (χ4v) is 8.29. The summed E-state index contributed by atoms with van der Waals surface area (Å²) < 4.78 is 87.5. The normalized spacial score (nSPS) is 21.0. The van der Waals surface area contributed by atoms with Crippen molar-refractivity contribution in [2.75, 3.05) is 58.1 Å². The van der Waals surface area contributed by atoms with E-state index < -0.39 is 53.4 Å². The maximum atomic E-state index is 14.9. The van der Waals surface area contributed by atoms with Gasteiger partial charge in [-0.25, -0.2) is 18.6 Å². The van der Waals surface area contributed by atoms with E-state index in [1.165, 1.54) is 25.0 Å². The lowest BCUT2D eigenvalue weighted by Gasteiger charge is -2.47. The lowest BCUT2D eigenvalue weighted by atomic mass is 9.82. The Balaban J connectivity index is 1.02. The summed E-state index contributed by atoms with van der Waals surface area (Å²) in [5, 5.41) is 18.6. The van der Waals surface area contributed by atoms with Gasteiger partial charge in [-0.05, 0) is 80.6 Å². The average Bonchev–Trinajstić information content (AvgIpc) is 3.41. The Morgan fingerprint density at radius 1 is 0.918 bits per heavy atom. The van der Waals surface area contributed by atoms with Gasteiger partial charge in [-0.15, -0.1) is 0 Å². The van der Waals surface area contributed by atoms with Gasteiger partial charge < -0.3 is 40.2 Å². The van der Waals surface area contributed by atoms with Crippen molar-refractivity contribution in [1.29, 1.82) is 0 Å². The molecule has 2 bridgehead atoms. The van der Waals surface area contributed by atoms with Gasteiger partial charge in [0.25, 0.3) is 0 Å². The minimum absolute atomic E-state index is 0.0731. The maximum Gasteiger partial charge on any atom is 0.407 e. The van der Waals surface area contributed by atoms with Gasteiger partial charge in [-0.1, -0.05) is 24.0 Å². The molecule has 4 saturated heterocycles. The van der Waals surface area contributed by atoms with E-state index in [2.05, 4.69) is 37.0 Å². The second kappa shape index (κ2) is 18.6. The molecule has 4 aliphatic rings. The first-order valence-corrected chi connectivity index (χ1v) is 20.4. The van der Waals surface area contributed by atoms with Crippen LogP contribution in [0.4, 0.5) is 32.6 Å². The number of alkyl halides is 3. The summed E-state index contributed by atoms with van der Waals surface area (Å²) in [4.78, 5) is 35.4.